The fourth-order valence-corrected chi connectivity index (χ4v) is 3.25. The highest BCUT2D eigenvalue weighted by atomic mass is 32.1. The predicted octanol–water partition coefficient (Wildman–Crippen LogP) is 4.00. The summed E-state index contributed by atoms with van der Waals surface area (Å²) in [5.74, 6) is 0.287. The lowest BCUT2D eigenvalue weighted by Crippen LogP contribution is -2.30. The Morgan fingerprint density at radius 2 is 1.96 bits per heavy atom. The molecule has 3 rings (SSSR count). The van der Waals surface area contributed by atoms with E-state index in [1.807, 2.05) is 36.6 Å². The van der Waals surface area contributed by atoms with E-state index in [1.165, 1.54) is 23.5 Å². The van der Waals surface area contributed by atoms with E-state index in [4.69, 9.17) is 4.74 Å². The van der Waals surface area contributed by atoms with Crippen molar-refractivity contribution in [1.29, 1.82) is 0 Å². The maximum Gasteiger partial charge on any atom is 0.257 e. The molecule has 0 unspecified atom stereocenters. The Morgan fingerprint density at radius 1 is 1.19 bits per heavy atom. The molecule has 0 aliphatic carbocycles. The molecule has 3 aromatic rings. The highest BCUT2D eigenvalue weighted by molar-refractivity contribution is 7.13. The molecule has 1 amide bonds. The van der Waals surface area contributed by atoms with Crippen molar-refractivity contribution in [2.24, 2.45) is 0 Å². The van der Waals surface area contributed by atoms with E-state index in [2.05, 4.69) is 10.3 Å². The van der Waals surface area contributed by atoms with E-state index >= 15 is 0 Å². The molecule has 0 aliphatic heterocycles. The number of para-hydroxylation sites is 1. The highest BCUT2D eigenvalue weighted by Crippen LogP contribution is 2.24. The van der Waals surface area contributed by atoms with Crippen LogP contribution < -0.4 is 10.1 Å². The topological polar surface area (TPSA) is 51.2 Å². The quantitative estimate of drug-likeness (QED) is 0.684. The molecule has 1 N–H and O–H groups in total. The number of carbonyl (C=O) groups excluding carboxylic acids is 1. The lowest BCUT2D eigenvalue weighted by atomic mass is 10.2. The Hall–Kier alpha value is -2.73. The minimum Gasteiger partial charge on any atom is -0.484 e. The normalized spacial score (nSPS) is 10.5. The van der Waals surface area contributed by atoms with Crippen LogP contribution in [0.3, 0.4) is 0 Å². The Balaban J connectivity index is 1.44. The maximum atomic E-state index is 13.0. The van der Waals surface area contributed by atoms with Crippen molar-refractivity contribution in [3.63, 3.8) is 0 Å². The molecular weight excluding hydrogens is 351 g/mol. The van der Waals surface area contributed by atoms with Gasteiger partial charge in [0.15, 0.2) is 6.61 Å². The molecule has 0 saturated heterocycles. The number of hydrogen-bond acceptors (Lipinski definition) is 4. The summed E-state index contributed by atoms with van der Waals surface area (Å²) in [4.78, 5) is 16.4. The lowest BCUT2D eigenvalue weighted by Gasteiger charge is -2.08. The molecule has 0 aliphatic rings. The number of hydrogen-bond donors (Lipinski definition) is 1. The summed E-state index contributed by atoms with van der Waals surface area (Å²) in [6.45, 7) is 2.42. The van der Waals surface area contributed by atoms with Crippen molar-refractivity contribution < 1.29 is 13.9 Å². The third kappa shape index (κ3) is 4.89. The van der Waals surface area contributed by atoms with Gasteiger partial charge in [0.05, 0.1) is 5.69 Å². The number of halogens is 1. The summed E-state index contributed by atoms with van der Waals surface area (Å²) < 4.78 is 18.5. The number of thiazole rings is 1. The van der Waals surface area contributed by atoms with Crippen molar-refractivity contribution in [2.75, 3.05) is 13.2 Å². The number of nitrogens with one attached hydrogen (secondary N) is 1. The molecule has 0 fully saturated rings. The summed E-state index contributed by atoms with van der Waals surface area (Å²) >= 11 is 1.51. The Morgan fingerprint density at radius 3 is 2.73 bits per heavy atom. The average Bonchev–Trinajstić information content (AvgIpc) is 3.10. The Labute approximate surface area is 155 Å². The summed E-state index contributed by atoms with van der Waals surface area (Å²) in [6.07, 6.45) is 0.633. The van der Waals surface area contributed by atoms with Crippen LogP contribution in [0, 0.1) is 12.7 Å². The van der Waals surface area contributed by atoms with Gasteiger partial charge in [-0.05, 0) is 42.8 Å². The number of rotatable bonds is 7. The first-order valence-corrected chi connectivity index (χ1v) is 9.15. The first-order chi connectivity index (χ1) is 12.6. The molecular formula is C20H19FN2O2S. The van der Waals surface area contributed by atoms with Gasteiger partial charge in [-0.1, -0.05) is 18.2 Å². The number of aryl methyl sites for hydroxylation is 1. The molecule has 1 heterocycles. The van der Waals surface area contributed by atoms with Gasteiger partial charge in [-0.3, -0.25) is 4.79 Å². The smallest absolute Gasteiger partial charge is 0.257 e. The molecule has 134 valence electrons. The Bertz CT molecular complexity index is 878. The molecule has 6 heteroatoms. The van der Waals surface area contributed by atoms with Crippen LogP contribution in [-0.4, -0.2) is 24.0 Å². The van der Waals surface area contributed by atoms with Crippen LogP contribution in [0.25, 0.3) is 10.6 Å². The standard InChI is InChI=1S/C20H19FN2O2S/c1-14-4-2-3-5-18(14)25-12-19(24)22-11-10-17-13-26-20(23-17)15-6-8-16(21)9-7-15/h2-9,13H,10-12H2,1H3,(H,22,24). The number of nitrogens with zero attached hydrogens (tertiary/aromatic N) is 1. The predicted molar refractivity (Wildman–Crippen MR) is 101 cm³/mol. The van der Waals surface area contributed by atoms with Gasteiger partial charge in [0.1, 0.15) is 16.6 Å². The minimum absolute atomic E-state index is 0.0112. The van der Waals surface area contributed by atoms with Gasteiger partial charge < -0.3 is 10.1 Å². The molecule has 1 aromatic heterocycles. The molecule has 0 saturated carbocycles. The molecule has 2 aromatic carbocycles. The zero-order valence-electron chi connectivity index (χ0n) is 14.4. The molecule has 0 atom stereocenters. The van der Waals surface area contributed by atoms with Gasteiger partial charge in [-0.2, -0.15) is 0 Å². The SMILES string of the molecule is Cc1ccccc1OCC(=O)NCCc1csc(-c2ccc(F)cc2)n1. The fourth-order valence-electron chi connectivity index (χ4n) is 2.39. The van der Waals surface area contributed by atoms with E-state index in [0.29, 0.717) is 18.7 Å². The van der Waals surface area contributed by atoms with Crippen molar-refractivity contribution in [1.82, 2.24) is 10.3 Å². The van der Waals surface area contributed by atoms with Crippen molar-refractivity contribution in [3.05, 3.63) is 71.0 Å². The first kappa shape index (κ1) is 18.1. The molecule has 26 heavy (non-hydrogen) atoms. The second kappa shape index (κ2) is 8.58. The van der Waals surface area contributed by atoms with Gasteiger partial charge in [0.25, 0.3) is 5.91 Å². The third-order valence-corrected chi connectivity index (χ3v) is 4.74. The van der Waals surface area contributed by atoms with Crippen molar-refractivity contribution in [2.45, 2.75) is 13.3 Å². The van der Waals surface area contributed by atoms with Crippen LogP contribution in [0.1, 0.15) is 11.3 Å². The molecule has 0 radical (unpaired) electrons. The second-order valence-corrected chi connectivity index (χ2v) is 6.66. The van der Waals surface area contributed by atoms with Crippen molar-refractivity contribution >= 4 is 17.2 Å². The fraction of sp³-hybridized carbons (Fsp3) is 0.200. The number of benzene rings is 2. The number of aromatic nitrogens is 1. The van der Waals surface area contributed by atoms with Crippen LogP contribution in [0.5, 0.6) is 5.75 Å². The van der Waals surface area contributed by atoms with Gasteiger partial charge in [0, 0.05) is 23.9 Å². The van der Waals surface area contributed by atoms with Crippen LogP contribution >= 0.6 is 11.3 Å². The third-order valence-electron chi connectivity index (χ3n) is 3.80. The van der Waals surface area contributed by atoms with E-state index in [-0.39, 0.29) is 18.3 Å². The monoisotopic (exact) mass is 370 g/mol. The van der Waals surface area contributed by atoms with Crippen molar-refractivity contribution in [3.8, 4) is 16.3 Å². The van der Waals surface area contributed by atoms with Crippen LogP contribution in [-0.2, 0) is 11.2 Å². The zero-order chi connectivity index (χ0) is 18.4. The van der Waals surface area contributed by atoms with Gasteiger partial charge in [0.2, 0.25) is 0 Å². The van der Waals surface area contributed by atoms with Crippen LogP contribution in [0.4, 0.5) is 4.39 Å². The van der Waals surface area contributed by atoms with E-state index in [9.17, 15) is 9.18 Å². The van der Waals surface area contributed by atoms with E-state index in [0.717, 1.165) is 21.8 Å². The van der Waals surface area contributed by atoms with Gasteiger partial charge >= 0.3 is 0 Å². The highest BCUT2D eigenvalue weighted by Gasteiger charge is 2.07. The summed E-state index contributed by atoms with van der Waals surface area (Å²) in [6, 6.07) is 13.8. The maximum absolute atomic E-state index is 13.0. The summed E-state index contributed by atoms with van der Waals surface area (Å²) in [5.41, 5.74) is 2.78. The first-order valence-electron chi connectivity index (χ1n) is 8.27. The number of amides is 1. The number of ether oxygens (including phenoxy) is 1. The largest absolute Gasteiger partial charge is 0.484 e. The minimum atomic E-state index is -0.263. The van der Waals surface area contributed by atoms with Crippen LogP contribution in [0.15, 0.2) is 53.9 Å². The zero-order valence-corrected chi connectivity index (χ0v) is 15.2. The molecule has 4 nitrogen and oxygen atoms in total. The number of carbonyl (C=O) groups is 1. The van der Waals surface area contributed by atoms with E-state index in [1.54, 1.807) is 12.1 Å². The summed E-state index contributed by atoms with van der Waals surface area (Å²) in [7, 11) is 0. The second-order valence-electron chi connectivity index (χ2n) is 5.81. The Kier molecular flexibility index (Phi) is 5.96. The molecule has 0 spiro atoms. The molecule has 0 bridgehead atoms. The lowest BCUT2D eigenvalue weighted by molar-refractivity contribution is -0.123. The van der Waals surface area contributed by atoms with Crippen LogP contribution in [0.2, 0.25) is 0 Å². The van der Waals surface area contributed by atoms with Gasteiger partial charge in [-0.15, -0.1) is 11.3 Å². The average molecular weight is 370 g/mol. The summed E-state index contributed by atoms with van der Waals surface area (Å²) in [5, 5.41) is 5.62. The van der Waals surface area contributed by atoms with E-state index < -0.39 is 0 Å². The van der Waals surface area contributed by atoms with Gasteiger partial charge in [-0.25, -0.2) is 9.37 Å².